The number of primary amides is 2. The van der Waals surface area contributed by atoms with Crippen LogP contribution in [0.3, 0.4) is 0 Å². The molecule has 0 aliphatic carbocycles. The molecule has 0 spiro atoms. The number of nitrogens with one attached hydrogen (secondary N) is 14. The maximum atomic E-state index is 15.4. The van der Waals surface area contributed by atoms with Crippen LogP contribution >= 0.6 is 11.8 Å². The van der Waals surface area contributed by atoms with Crippen LogP contribution in [0.5, 0.6) is 5.75 Å². The van der Waals surface area contributed by atoms with Gasteiger partial charge < -0.3 is 110 Å². The number of nitrogens with zero attached hydrogens (tertiary/aromatic N) is 2. The average Bonchev–Trinajstić information content (AvgIpc) is 1.64. The first-order chi connectivity index (χ1) is 62.9. The van der Waals surface area contributed by atoms with E-state index in [0.29, 0.717) is 33.2 Å². The molecule has 7 rings (SSSR count). The number of carbonyl (C=O) groups excluding carboxylic acids is 17. The fourth-order valence-electron chi connectivity index (χ4n) is 14.5. The standard InChI is InChI=1S/C93H124N18O21S/c1-49(2)36-64-81(119)103-68(39-56-28-32-59(33-29-56)58-24-18-15-19-25-58)88(126)109-79(52(7)8)93(131)111(12)54(10)92(130)110(11)45-75(114)98-70(42-74(94)113)85(123)101-65(37-50(3)4)87(125)108-78(51(5)6)91(129)106-72(46-132-13)89(127)107-73(90(128)97-53(9)80(95)118)47-133-48-76(115)99-66(38-55-22-16-14-17-23-55)82(120)102-67(40-57-30-34-61(112)35-31-57)83(121)105-71(43-77(116)117)86(124)104-69(84(122)100-64)41-60-44-96-63-27-21-20-26-62(60)63/h14-35,44,49-54,64-73,78-79,96,112H,36-43,45-48H2,1-13H3,(H2,94,113)(H2,95,118)(H,97,128)(H,98,114)(H,99,115)(H,100,122)(H,101,123)(H,102,120)(H,103,119)(H,104,124)(H,105,121)(H,106,129)(H,107,127)(H,108,125)(H,109,126)(H,116,117)/t53-,54-,64-,65-,66-,67-,68-,69-,70-,71-,72-,73-,78-,79-/m0/s1. The van der Waals surface area contributed by atoms with Gasteiger partial charge in [-0.1, -0.05) is 171 Å². The Morgan fingerprint density at radius 3 is 1.41 bits per heavy atom. The number of nitrogens with two attached hydrogens (primary N) is 2. The SMILES string of the molecule is COC[C@@H]1NC(=O)[C@H](C(C)C)NC(=O)[C@H](CC(C)C)NC(=O)[C@H](CC(N)=O)NC(=O)CN(C)C(=O)[C@H](C)N(C)C(=O)[C@H](C(C)C)NC(=O)[C@H](Cc2ccc(-c3ccccc3)cc2)NC(=O)[C@H](CC(C)C)NC(=O)[C@H](Cc2c[nH]c3ccccc23)NC(=O)[C@H](CC(=O)O)NC(=O)[C@H](Cc2ccc(O)cc2)NC(=O)[C@H](Cc2ccccc2)NC(=O)CSC[C@@H](C(=O)N[C@@H](C)C(N)=O)NC1=O. The smallest absolute Gasteiger partial charge is 0.305 e. The summed E-state index contributed by atoms with van der Waals surface area (Å²) < 4.78 is 5.33. The van der Waals surface area contributed by atoms with Crippen molar-refractivity contribution in [3.8, 4) is 16.9 Å². The van der Waals surface area contributed by atoms with Crippen LogP contribution in [0.15, 0.2) is 140 Å². The third-order valence-electron chi connectivity index (χ3n) is 22.0. The van der Waals surface area contributed by atoms with Crippen LogP contribution in [0.2, 0.25) is 0 Å². The molecule has 14 atom stereocenters. The van der Waals surface area contributed by atoms with Crippen LogP contribution in [0, 0.1) is 23.7 Å². The highest BCUT2D eigenvalue weighted by molar-refractivity contribution is 8.00. The highest BCUT2D eigenvalue weighted by Crippen LogP contribution is 2.24. The van der Waals surface area contributed by atoms with E-state index < -0.39 is 253 Å². The van der Waals surface area contributed by atoms with Crippen molar-refractivity contribution < 1.29 is 101 Å². The number of para-hydroxylation sites is 1. The lowest BCUT2D eigenvalue weighted by molar-refractivity contribution is -0.147. The Balaban J connectivity index is 1.31. The van der Waals surface area contributed by atoms with Crippen LogP contribution in [0.4, 0.5) is 0 Å². The van der Waals surface area contributed by atoms with Gasteiger partial charge in [-0.15, -0.1) is 11.8 Å². The summed E-state index contributed by atoms with van der Waals surface area (Å²) >= 11 is 0.739. The zero-order valence-corrected chi connectivity index (χ0v) is 77.6. The number of hydrogen-bond donors (Lipinski definition) is 18. The second-order valence-corrected chi connectivity index (χ2v) is 35.6. The first-order valence-corrected chi connectivity index (χ1v) is 44.9. The maximum absolute atomic E-state index is 15.4. The highest BCUT2D eigenvalue weighted by Gasteiger charge is 2.41. The number of fused-ring (bicyclic) bond motifs is 1. The summed E-state index contributed by atoms with van der Waals surface area (Å²) in [4.78, 5) is 264. The molecule has 1 aromatic heterocycles. The van der Waals surface area contributed by atoms with Gasteiger partial charge in [-0.2, -0.15) is 0 Å². The van der Waals surface area contributed by atoms with Crippen molar-refractivity contribution in [1.82, 2.24) is 83.9 Å². The summed E-state index contributed by atoms with van der Waals surface area (Å²) in [6.07, 6.45) is -1.88. The third-order valence-corrected chi connectivity index (χ3v) is 23.0. The molecule has 5 aromatic carbocycles. The van der Waals surface area contributed by atoms with Crippen molar-refractivity contribution in [2.24, 2.45) is 35.1 Å². The van der Waals surface area contributed by atoms with Crippen molar-refractivity contribution in [1.29, 1.82) is 0 Å². The number of ether oxygens (including phenoxy) is 1. The molecule has 1 aliphatic rings. The number of hydrogen-bond acceptors (Lipinski definition) is 21. The van der Waals surface area contributed by atoms with E-state index in [0.717, 1.165) is 32.7 Å². The number of thioether (sulfide) groups is 1. The summed E-state index contributed by atoms with van der Waals surface area (Å²) in [6, 6.07) is 14.6. The number of aromatic nitrogens is 1. The Morgan fingerprint density at radius 1 is 0.466 bits per heavy atom. The van der Waals surface area contributed by atoms with Gasteiger partial charge in [0.25, 0.3) is 0 Å². The molecule has 40 heteroatoms. The van der Waals surface area contributed by atoms with Crippen LogP contribution < -0.4 is 80.6 Å². The van der Waals surface area contributed by atoms with Gasteiger partial charge in [-0.05, 0) is 102 Å². The normalized spacial score (nSPS) is 23.1. The zero-order chi connectivity index (χ0) is 98.2. The number of carboxylic acids is 1. The molecule has 1 saturated heterocycles. The van der Waals surface area contributed by atoms with Crippen LogP contribution in [-0.2, 0) is 117 Å². The molecule has 133 heavy (non-hydrogen) atoms. The minimum Gasteiger partial charge on any atom is -0.508 e. The van der Waals surface area contributed by atoms with E-state index in [9.17, 15) is 67.7 Å². The van der Waals surface area contributed by atoms with Crippen molar-refractivity contribution in [2.45, 2.75) is 205 Å². The largest absolute Gasteiger partial charge is 0.508 e. The van der Waals surface area contributed by atoms with E-state index in [2.05, 4.69) is 74.1 Å². The highest BCUT2D eigenvalue weighted by atomic mass is 32.2. The van der Waals surface area contributed by atoms with E-state index >= 15 is 28.8 Å². The van der Waals surface area contributed by atoms with Crippen molar-refractivity contribution in [3.63, 3.8) is 0 Å². The molecule has 2 heterocycles. The second kappa shape index (κ2) is 51.1. The Kier molecular flexibility index (Phi) is 40.9. The first kappa shape index (κ1) is 106. The number of aliphatic carboxylic acids is 1. The van der Waals surface area contributed by atoms with Crippen molar-refractivity contribution in [3.05, 3.63) is 162 Å². The summed E-state index contributed by atoms with van der Waals surface area (Å²) in [6.45, 7) is 14.4. The lowest BCUT2D eigenvalue weighted by Gasteiger charge is -2.33. The monoisotopic (exact) mass is 1860 g/mol. The number of carbonyl (C=O) groups is 18. The van der Waals surface area contributed by atoms with Gasteiger partial charge in [0.15, 0.2) is 0 Å². The topological polar surface area (TPSA) is 588 Å². The second-order valence-electron chi connectivity index (χ2n) is 34.5. The quantitative estimate of drug-likeness (QED) is 0.0381. The van der Waals surface area contributed by atoms with E-state index in [1.165, 1.54) is 59.3 Å². The van der Waals surface area contributed by atoms with Crippen LogP contribution in [-0.4, -0.2) is 262 Å². The predicted octanol–water partition coefficient (Wildman–Crippen LogP) is 0.0715. The molecule has 0 radical (unpaired) electrons. The van der Waals surface area contributed by atoms with Crippen molar-refractivity contribution >= 4 is 129 Å². The number of aromatic amines is 1. The number of carboxylic acid groups (broad SMARTS) is 1. The molecule has 0 bridgehead atoms. The number of amides is 17. The molecular weight excluding hydrogens is 1740 g/mol. The Bertz CT molecular complexity index is 5100. The summed E-state index contributed by atoms with van der Waals surface area (Å²) in [5.41, 5.74) is 15.1. The lowest BCUT2D eigenvalue weighted by Crippen LogP contribution is -2.61. The van der Waals surface area contributed by atoms with Crippen molar-refractivity contribution in [2.75, 3.05) is 45.9 Å². The molecule has 20 N–H and O–H groups in total. The number of likely N-dealkylation sites (N-methyl/N-ethyl adjacent to an activating group) is 2. The summed E-state index contributed by atoms with van der Waals surface area (Å²) in [5, 5.41) is 55.2. The summed E-state index contributed by atoms with van der Waals surface area (Å²) in [5.74, 6) is -22.1. The molecule has 718 valence electrons. The fourth-order valence-corrected chi connectivity index (χ4v) is 15.4. The van der Waals surface area contributed by atoms with E-state index in [1.807, 2.05) is 30.3 Å². The van der Waals surface area contributed by atoms with E-state index in [1.54, 1.807) is 140 Å². The number of phenols is 1. The molecule has 39 nitrogen and oxygen atoms in total. The number of benzene rings is 5. The Morgan fingerprint density at radius 2 is 0.887 bits per heavy atom. The maximum Gasteiger partial charge on any atom is 0.305 e. The van der Waals surface area contributed by atoms with Gasteiger partial charge in [0, 0.05) is 69.7 Å². The van der Waals surface area contributed by atoms with Gasteiger partial charge in [-0.3, -0.25) is 86.3 Å². The number of aromatic hydroxyl groups is 1. The molecule has 0 saturated carbocycles. The molecule has 1 fully saturated rings. The molecule has 6 aromatic rings. The number of phenolic OH excluding ortho intramolecular Hbond substituents is 1. The lowest BCUT2D eigenvalue weighted by atomic mass is 9.97. The minimum atomic E-state index is -2.06. The number of methoxy groups -OCH3 is 1. The zero-order valence-electron chi connectivity index (χ0n) is 76.8. The first-order valence-electron chi connectivity index (χ1n) is 43.7. The minimum absolute atomic E-state index is 0.110. The molecule has 1 aliphatic heterocycles. The van der Waals surface area contributed by atoms with Gasteiger partial charge in [-0.25, -0.2) is 0 Å². The van der Waals surface area contributed by atoms with Gasteiger partial charge in [0.05, 0.1) is 31.7 Å². The van der Waals surface area contributed by atoms with Gasteiger partial charge in [0.2, 0.25) is 100 Å². The third kappa shape index (κ3) is 33.2. The van der Waals surface area contributed by atoms with E-state index in [4.69, 9.17) is 16.2 Å². The van der Waals surface area contributed by atoms with Crippen LogP contribution in [0.1, 0.15) is 117 Å². The summed E-state index contributed by atoms with van der Waals surface area (Å²) in [7, 11) is 3.67. The van der Waals surface area contributed by atoms with Crippen LogP contribution in [0.25, 0.3) is 22.0 Å². The molecular formula is C93H124N18O21S. The number of H-pyrrole nitrogens is 1. The van der Waals surface area contributed by atoms with Gasteiger partial charge in [0.1, 0.15) is 90.3 Å². The van der Waals surface area contributed by atoms with E-state index in [-0.39, 0.29) is 43.8 Å². The predicted molar refractivity (Wildman–Crippen MR) is 493 cm³/mol. The van der Waals surface area contributed by atoms with Gasteiger partial charge >= 0.3 is 5.97 Å². The molecule has 17 amide bonds. The Hall–Kier alpha value is -13.8. The number of rotatable bonds is 24. The fraction of sp³-hybridized carbons (Fsp3) is 0.462. The average molecular weight is 1860 g/mol. The molecule has 0 unspecified atom stereocenters. The Labute approximate surface area is 775 Å².